The van der Waals surface area contributed by atoms with Crippen LogP contribution in [0.1, 0.15) is 18.2 Å². The first kappa shape index (κ1) is 14.6. The number of halogens is 1. The fourth-order valence-electron chi connectivity index (χ4n) is 2.06. The van der Waals surface area contributed by atoms with E-state index in [1.165, 1.54) is 0 Å². The minimum Gasteiger partial charge on any atom is -0.493 e. The van der Waals surface area contributed by atoms with E-state index in [1.54, 1.807) is 14.2 Å². The summed E-state index contributed by atoms with van der Waals surface area (Å²) in [6, 6.07) is 5.60. The number of methoxy groups -OCH3 is 2. The van der Waals surface area contributed by atoms with Crippen molar-refractivity contribution in [1.29, 1.82) is 0 Å². The lowest BCUT2D eigenvalue weighted by Crippen LogP contribution is -2.01. The highest BCUT2D eigenvalue weighted by Crippen LogP contribution is 2.37. The minimum atomic E-state index is 0.469. The van der Waals surface area contributed by atoms with E-state index in [2.05, 4.69) is 9.97 Å². The normalized spacial score (nSPS) is 10.4. The Hall–Kier alpha value is -1.81. The van der Waals surface area contributed by atoms with Crippen LogP contribution in [-0.4, -0.2) is 24.2 Å². The first-order valence-electron chi connectivity index (χ1n) is 6.36. The van der Waals surface area contributed by atoms with Gasteiger partial charge in [-0.1, -0.05) is 24.6 Å². The van der Waals surface area contributed by atoms with Crippen LogP contribution < -0.4 is 9.47 Å². The first-order valence-corrected chi connectivity index (χ1v) is 6.74. The number of hydrogen-bond acceptors (Lipinski definition) is 4. The van der Waals surface area contributed by atoms with Crippen LogP contribution in [0.5, 0.6) is 11.5 Å². The quantitative estimate of drug-likeness (QED) is 0.806. The Morgan fingerprint density at radius 2 is 1.90 bits per heavy atom. The van der Waals surface area contributed by atoms with Crippen molar-refractivity contribution in [3.63, 3.8) is 0 Å². The molecule has 0 radical (unpaired) electrons. The Bertz CT molecular complexity index is 630. The maximum atomic E-state index is 6.19. The maximum Gasteiger partial charge on any atom is 0.171 e. The number of aromatic nitrogens is 2. The molecule has 0 aliphatic carbocycles. The van der Waals surface area contributed by atoms with Crippen molar-refractivity contribution in [1.82, 2.24) is 9.97 Å². The van der Waals surface area contributed by atoms with Gasteiger partial charge in [-0.25, -0.2) is 9.97 Å². The lowest BCUT2D eigenvalue weighted by molar-refractivity contribution is 0.356. The van der Waals surface area contributed by atoms with Crippen molar-refractivity contribution in [3.8, 4) is 22.9 Å². The van der Waals surface area contributed by atoms with E-state index in [-0.39, 0.29) is 0 Å². The molecule has 0 N–H and O–H groups in total. The van der Waals surface area contributed by atoms with Crippen molar-refractivity contribution in [2.45, 2.75) is 20.3 Å². The summed E-state index contributed by atoms with van der Waals surface area (Å²) < 4.78 is 10.7. The lowest BCUT2D eigenvalue weighted by Gasteiger charge is -2.13. The number of benzene rings is 1. The van der Waals surface area contributed by atoms with Crippen molar-refractivity contribution in [2.75, 3.05) is 14.2 Å². The van der Waals surface area contributed by atoms with Crippen LogP contribution in [0, 0.1) is 6.92 Å². The smallest absolute Gasteiger partial charge is 0.171 e. The fraction of sp³-hybridized carbons (Fsp3) is 0.333. The number of nitrogens with zero attached hydrogens (tertiary/aromatic N) is 2. The van der Waals surface area contributed by atoms with Gasteiger partial charge in [0.25, 0.3) is 0 Å². The Morgan fingerprint density at radius 1 is 1.15 bits per heavy atom. The average Bonchev–Trinajstić information content (AvgIpc) is 2.48. The molecular formula is C15H17ClN2O2. The predicted molar refractivity (Wildman–Crippen MR) is 79.7 cm³/mol. The van der Waals surface area contributed by atoms with Gasteiger partial charge < -0.3 is 9.47 Å². The summed E-state index contributed by atoms with van der Waals surface area (Å²) in [7, 11) is 3.19. The second-order valence-electron chi connectivity index (χ2n) is 4.30. The highest BCUT2D eigenvalue weighted by Gasteiger charge is 2.16. The van der Waals surface area contributed by atoms with Gasteiger partial charge in [0.2, 0.25) is 0 Å². The van der Waals surface area contributed by atoms with E-state index in [0.29, 0.717) is 22.5 Å². The Kier molecular flexibility index (Phi) is 4.45. The molecule has 0 bridgehead atoms. The molecule has 0 aliphatic rings. The van der Waals surface area contributed by atoms with E-state index in [0.717, 1.165) is 23.2 Å². The number of hydrogen-bond donors (Lipinski definition) is 0. The highest BCUT2D eigenvalue weighted by atomic mass is 35.5. The number of rotatable bonds is 4. The number of para-hydroxylation sites is 1. The van der Waals surface area contributed by atoms with Gasteiger partial charge in [-0.3, -0.25) is 0 Å². The lowest BCUT2D eigenvalue weighted by atomic mass is 10.1. The van der Waals surface area contributed by atoms with Crippen LogP contribution in [0.25, 0.3) is 11.4 Å². The third kappa shape index (κ3) is 2.56. The molecule has 2 rings (SSSR count). The monoisotopic (exact) mass is 292 g/mol. The molecule has 1 heterocycles. The zero-order chi connectivity index (χ0) is 14.7. The first-order chi connectivity index (χ1) is 9.62. The minimum absolute atomic E-state index is 0.469. The third-order valence-corrected chi connectivity index (χ3v) is 3.53. The van der Waals surface area contributed by atoms with Crippen molar-refractivity contribution in [2.24, 2.45) is 0 Å². The van der Waals surface area contributed by atoms with Crippen molar-refractivity contribution < 1.29 is 9.47 Å². The third-order valence-electron chi connectivity index (χ3n) is 3.17. The molecule has 106 valence electrons. The predicted octanol–water partition coefficient (Wildman–Crippen LogP) is 3.69. The molecule has 0 aliphatic heterocycles. The second kappa shape index (κ2) is 6.09. The van der Waals surface area contributed by atoms with Crippen LogP contribution in [0.3, 0.4) is 0 Å². The van der Waals surface area contributed by atoms with E-state index in [1.807, 2.05) is 32.0 Å². The molecule has 2 aromatic rings. The molecular weight excluding hydrogens is 276 g/mol. The zero-order valence-electron chi connectivity index (χ0n) is 12.0. The Balaban J connectivity index is 2.65. The maximum absolute atomic E-state index is 6.19. The van der Waals surface area contributed by atoms with Gasteiger partial charge in [0.15, 0.2) is 17.3 Å². The molecule has 5 heteroatoms. The van der Waals surface area contributed by atoms with E-state index in [4.69, 9.17) is 21.1 Å². The molecule has 1 aromatic heterocycles. The van der Waals surface area contributed by atoms with Crippen LogP contribution in [-0.2, 0) is 6.42 Å². The molecule has 0 unspecified atom stereocenters. The molecule has 4 nitrogen and oxygen atoms in total. The van der Waals surface area contributed by atoms with Gasteiger partial charge in [0.05, 0.1) is 19.8 Å². The van der Waals surface area contributed by atoms with Gasteiger partial charge in [-0.2, -0.15) is 0 Å². The van der Waals surface area contributed by atoms with Crippen molar-refractivity contribution >= 4 is 11.6 Å². The van der Waals surface area contributed by atoms with Gasteiger partial charge in [0, 0.05) is 11.3 Å². The summed E-state index contributed by atoms with van der Waals surface area (Å²) in [6.07, 6.45) is 0.799. The van der Waals surface area contributed by atoms with Crippen LogP contribution in [0.15, 0.2) is 18.2 Å². The van der Waals surface area contributed by atoms with E-state index >= 15 is 0 Å². The fourth-order valence-corrected chi connectivity index (χ4v) is 2.25. The van der Waals surface area contributed by atoms with E-state index in [9.17, 15) is 0 Å². The molecule has 0 spiro atoms. The molecule has 0 atom stereocenters. The van der Waals surface area contributed by atoms with E-state index < -0.39 is 0 Å². The summed E-state index contributed by atoms with van der Waals surface area (Å²) >= 11 is 6.19. The SMILES string of the molecule is CCc1nc(-c2cccc(OC)c2OC)nc(Cl)c1C. The zero-order valence-corrected chi connectivity index (χ0v) is 12.8. The van der Waals surface area contributed by atoms with Gasteiger partial charge in [0.1, 0.15) is 5.15 Å². The summed E-state index contributed by atoms with van der Waals surface area (Å²) in [5, 5.41) is 0.469. The summed E-state index contributed by atoms with van der Waals surface area (Å²) in [5.74, 6) is 1.80. The largest absolute Gasteiger partial charge is 0.493 e. The van der Waals surface area contributed by atoms with Gasteiger partial charge in [-0.05, 0) is 25.5 Å². The highest BCUT2D eigenvalue weighted by molar-refractivity contribution is 6.30. The number of ether oxygens (including phenoxy) is 2. The summed E-state index contributed by atoms with van der Waals surface area (Å²) in [4.78, 5) is 8.93. The summed E-state index contributed by atoms with van der Waals surface area (Å²) in [5.41, 5.74) is 2.62. The standard InChI is InChI=1S/C15H17ClN2O2/c1-5-11-9(2)14(16)18-15(17-11)10-7-6-8-12(19-3)13(10)20-4/h6-8H,5H2,1-4H3. The molecule has 0 amide bonds. The second-order valence-corrected chi connectivity index (χ2v) is 4.66. The average molecular weight is 293 g/mol. The Labute approximate surface area is 123 Å². The molecule has 20 heavy (non-hydrogen) atoms. The van der Waals surface area contributed by atoms with Crippen molar-refractivity contribution in [3.05, 3.63) is 34.6 Å². The van der Waals surface area contributed by atoms with Crippen LogP contribution in [0.4, 0.5) is 0 Å². The Morgan fingerprint density at radius 3 is 2.50 bits per heavy atom. The molecule has 0 saturated carbocycles. The molecule has 0 fully saturated rings. The van der Waals surface area contributed by atoms with Crippen LogP contribution in [0.2, 0.25) is 5.15 Å². The topological polar surface area (TPSA) is 44.2 Å². The van der Waals surface area contributed by atoms with Gasteiger partial charge in [-0.15, -0.1) is 0 Å². The summed E-state index contributed by atoms with van der Waals surface area (Å²) in [6.45, 7) is 3.96. The van der Waals surface area contributed by atoms with Gasteiger partial charge >= 0.3 is 0 Å². The molecule has 0 saturated heterocycles. The number of aryl methyl sites for hydroxylation is 1. The molecule has 1 aromatic carbocycles. The van der Waals surface area contributed by atoms with Crippen LogP contribution >= 0.6 is 11.6 Å².